The molecule has 61 heavy (non-hydrogen) atoms. The van der Waals surface area contributed by atoms with E-state index < -0.39 is 48.4 Å². The molecule has 320 valence electrons. The molecule has 0 aliphatic carbocycles. The second-order valence-corrected chi connectivity index (χ2v) is 15.9. The van der Waals surface area contributed by atoms with E-state index in [1.807, 2.05) is 76.2 Å². The summed E-state index contributed by atoms with van der Waals surface area (Å²) < 4.78 is 9.48. The van der Waals surface area contributed by atoms with Crippen LogP contribution in [-0.4, -0.2) is 105 Å². The van der Waals surface area contributed by atoms with Crippen LogP contribution in [0, 0.1) is 11.8 Å². The molecule has 21 heteroatoms. The first-order chi connectivity index (χ1) is 29.3. The lowest BCUT2D eigenvalue weighted by Crippen LogP contribution is -2.51. The Morgan fingerprint density at radius 3 is 1.62 bits per heavy atom. The van der Waals surface area contributed by atoms with Gasteiger partial charge in [0.15, 0.2) is 0 Å². The molecule has 4 aromatic rings. The number of imidazole rings is 2. The molecule has 6 atom stereocenters. The number of aromatic nitrogens is 4. The van der Waals surface area contributed by atoms with Crippen molar-refractivity contribution in [2.75, 3.05) is 27.3 Å². The summed E-state index contributed by atoms with van der Waals surface area (Å²) >= 11 is 6.71. The van der Waals surface area contributed by atoms with Gasteiger partial charge in [-0.1, -0.05) is 98.1 Å². The van der Waals surface area contributed by atoms with Crippen LogP contribution in [-0.2, 0) is 19.1 Å². The topological polar surface area (TPSA) is 272 Å². The summed E-state index contributed by atoms with van der Waals surface area (Å²) in [7, 11) is 2.46. The maximum absolute atomic E-state index is 13.8. The minimum atomic E-state index is -0.884. The van der Waals surface area contributed by atoms with Crippen LogP contribution in [0.1, 0.15) is 64.3 Å². The Morgan fingerprint density at radius 1 is 0.738 bits per heavy atom. The summed E-state index contributed by atoms with van der Waals surface area (Å²) in [5.74, 6) is -0.244. The Balaban J connectivity index is 1.18. The van der Waals surface area contributed by atoms with Gasteiger partial charge in [-0.3, -0.25) is 9.59 Å². The molecule has 2 aromatic carbocycles. The van der Waals surface area contributed by atoms with Crippen molar-refractivity contribution in [2.24, 2.45) is 22.1 Å². The Morgan fingerprint density at radius 2 is 1.18 bits per heavy atom. The number of aromatic amines is 2. The number of halogens is 1. The summed E-state index contributed by atoms with van der Waals surface area (Å²) in [6, 6.07) is 11.7. The highest BCUT2D eigenvalue weighted by Gasteiger charge is 2.43. The predicted molar refractivity (Wildman–Crippen MR) is 224 cm³/mol. The van der Waals surface area contributed by atoms with E-state index >= 15 is 0 Å². The number of hydrogen-bond acceptors (Lipinski definition) is 10. The van der Waals surface area contributed by atoms with Gasteiger partial charge in [-0.15, -0.1) is 0 Å². The monoisotopic (exact) mass is 854 g/mol. The highest BCUT2D eigenvalue weighted by Crippen LogP contribution is 2.38. The summed E-state index contributed by atoms with van der Waals surface area (Å²) in [5, 5.41) is 13.3. The van der Waals surface area contributed by atoms with Crippen LogP contribution in [0.25, 0.3) is 54.5 Å². The third kappa shape index (κ3) is 9.67. The quantitative estimate of drug-likeness (QED) is 0.0594. The molecule has 2 aromatic heterocycles. The molecule has 0 bridgehead atoms. The lowest BCUT2D eigenvalue weighted by Gasteiger charge is -2.30. The van der Waals surface area contributed by atoms with Gasteiger partial charge in [0.2, 0.25) is 11.8 Å². The van der Waals surface area contributed by atoms with E-state index in [1.165, 1.54) is 14.2 Å². The van der Waals surface area contributed by atoms with E-state index in [9.17, 15) is 19.2 Å². The number of methoxy groups -OCH3 is 2. The van der Waals surface area contributed by atoms with E-state index in [0.29, 0.717) is 30.2 Å². The maximum atomic E-state index is 13.8. The number of amides is 4. The van der Waals surface area contributed by atoms with Crippen molar-refractivity contribution in [3.8, 4) is 33.6 Å². The fourth-order valence-corrected chi connectivity index (χ4v) is 7.98. The fourth-order valence-electron chi connectivity index (χ4n) is 7.74. The number of benzene rings is 2. The Labute approximate surface area is 356 Å². The van der Waals surface area contributed by atoms with Crippen LogP contribution < -0.4 is 10.6 Å². The van der Waals surface area contributed by atoms with Crippen molar-refractivity contribution < 1.29 is 28.7 Å². The fraction of sp³-hybridized carbons (Fsp3) is 0.450. The van der Waals surface area contributed by atoms with Crippen molar-refractivity contribution in [2.45, 2.75) is 76.8 Å². The van der Waals surface area contributed by atoms with E-state index in [2.05, 4.69) is 45.6 Å². The molecule has 0 radical (unpaired) electrons. The van der Waals surface area contributed by atoms with Gasteiger partial charge in [0.05, 0.1) is 50.3 Å². The van der Waals surface area contributed by atoms with Gasteiger partial charge in [-0.25, -0.2) is 19.6 Å². The third-order valence-corrected chi connectivity index (χ3v) is 11.2. The molecule has 0 spiro atoms. The molecular weight excluding hydrogens is 808 g/mol. The molecule has 2 unspecified atom stereocenters. The van der Waals surface area contributed by atoms with Crippen LogP contribution in [0.3, 0.4) is 0 Å². The Bertz CT molecular complexity index is 2330. The zero-order valence-electron chi connectivity index (χ0n) is 34.4. The summed E-state index contributed by atoms with van der Waals surface area (Å²) in [6.45, 7) is 7.57. The number of H-pyrrole nitrogens is 2. The number of ether oxygens (including phenoxy) is 2. The largest absolute Gasteiger partial charge is 0.453 e. The second-order valence-electron chi connectivity index (χ2n) is 15.5. The molecule has 2 aliphatic rings. The van der Waals surface area contributed by atoms with Gasteiger partial charge in [0, 0.05) is 28.5 Å². The van der Waals surface area contributed by atoms with Crippen molar-refractivity contribution in [3.63, 3.8) is 0 Å². The molecule has 6 rings (SSSR count). The molecule has 4 N–H and O–H groups in total. The molecule has 4 amide bonds. The number of nitrogens with one attached hydrogen (secondary N) is 4. The van der Waals surface area contributed by atoms with E-state index in [1.54, 1.807) is 16.0 Å². The summed E-state index contributed by atoms with van der Waals surface area (Å²) in [5.41, 5.74) is 23.0. The molecule has 2 fully saturated rings. The lowest BCUT2D eigenvalue weighted by molar-refractivity contribution is -0.136. The number of carbonyl (C=O) groups excluding carboxylic acids is 4. The van der Waals surface area contributed by atoms with Gasteiger partial charge < -0.3 is 39.9 Å². The average molecular weight is 855 g/mol. The van der Waals surface area contributed by atoms with Crippen molar-refractivity contribution in [3.05, 3.63) is 92.4 Å². The standard InChI is InChI=1S/C40H47ClN14O6/c1-20(2)31(47-39(58)60-5)37(56)54-18-26(50-52-42)15-29(54)35-44-17-28(45-35)24-11-7-22(8-12-24)23-9-13-25(14-10-23)33-34(41)49-36(46-33)30-16-27(51-53-43)19-55(30)38(57)32(21(3)4)48-40(59)61-6/h7-14,17,20-21,26-27,29-32H,15-16,18-19H2,1-6H3,(H,44,45)(H,46,49)(H,47,58)(H,48,59)/t26?,27?,29-,30-,31-,32-/m0/s1. The first-order valence-corrected chi connectivity index (χ1v) is 20.0. The van der Waals surface area contributed by atoms with Crippen molar-refractivity contribution >= 4 is 35.6 Å². The normalized spacial score (nSPS) is 19.5. The maximum Gasteiger partial charge on any atom is 0.407 e. The minimum absolute atomic E-state index is 0.137. The van der Waals surface area contributed by atoms with E-state index in [0.717, 1.165) is 27.9 Å². The first kappa shape index (κ1) is 43.8. The van der Waals surface area contributed by atoms with Gasteiger partial charge in [0.25, 0.3) is 0 Å². The highest BCUT2D eigenvalue weighted by atomic mass is 35.5. The van der Waals surface area contributed by atoms with Crippen LogP contribution >= 0.6 is 11.6 Å². The number of azide groups is 2. The molecular formula is C40H47ClN14O6. The number of carbonyl (C=O) groups is 4. The second kappa shape index (κ2) is 19.1. The van der Waals surface area contributed by atoms with Crippen molar-refractivity contribution in [1.82, 2.24) is 40.4 Å². The minimum Gasteiger partial charge on any atom is -0.453 e. The molecule has 4 heterocycles. The van der Waals surface area contributed by atoms with Gasteiger partial charge in [-0.2, -0.15) is 0 Å². The van der Waals surface area contributed by atoms with E-state index in [-0.39, 0.29) is 41.9 Å². The number of rotatable bonds is 13. The average Bonchev–Trinajstić information content (AvgIpc) is 4.08. The van der Waals surface area contributed by atoms with Gasteiger partial charge in [0.1, 0.15) is 34.6 Å². The highest BCUT2D eigenvalue weighted by molar-refractivity contribution is 6.31. The molecule has 2 aliphatic heterocycles. The Kier molecular flexibility index (Phi) is 13.7. The lowest BCUT2D eigenvalue weighted by atomic mass is 10.0. The van der Waals surface area contributed by atoms with Gasteiger partial charge >= 0.3 is 12.2 Å². The zero-order chi connectivity index (χ0) is 44.0. The summed E-state index contributed by atoms with van der Waals surface area (Å²) in [4.78, 5) is 76.6. The smallest absolute Gasteiger partial charge is 0.407 e. The number of alkyl carbamates (subject to hydrolysis) is 2. The van der Waals surface area contributed by atoms with Crippen LogP contribution in [0.5, 0.6) is 0 Å². The summed E-state index contributed by atoms with van der Waals surface area (Å²) in [6.07, 6.45) is 0.906. The molecule has 20 nitrogen and oxygen atoms in total. The number of hydrogen-bond donors (Lipinski definition) is 4. The molecule has 0 saturated carbocycles. The predicted octanol–water partition coefficient (Wildman–Crippen LogP) is 7.45. The number of nitrogens with zero attached hydrogens (tertiary/aromatic N) is 10. The van der Waals surface area contributed by atoms with Crippen LogP contribution in [0.4, 0.5) is 9.59 Å². The number of likely N-dealkylation sites (tertiary alicyclic amines) is 2. The third-order valence-electron chi connectivity index (χ3n) is 10.9. The van der Waals surface area contributed by atoms with Gasteiger partial charge in [-0.05, 0) is 52.4 Å². The Hall–Kier alpha value is -6.75. The van der Waals surface area contributed by atoms with Crippen LogP contribution in [0.15, 0.2) is 65.0 Å². The molecule has 2 saturated heterocycles. The van der Waals surface area contributed by atoms with Crippen LogP contribution in [0.2, 0.25) is 5.15 Å². The zero-order valence-corrected chi connectivity index (χ0v) is 35.2. The SMILES string of the molecule is COC(=O)N[C@H](C(=O)N1CC(N=[N+]=[N-])C[C@H]1c1ncc(-c2ccc(-c3ccc(-c4nc([C@@H]5CC(N=[N+]=[N-])CN5C(=O)[C@@H](NC(=O)OC)C(C)C)[nH]c4Cl)cc3)cc2)[nH]1)C(C)C. The van der Waals surface area contributed by atoms with Crippen molar-refractivity contribution in [1.29, 1.82) is 0 Å². The first-order valence-electron chi connectivity index (χ1n) is 19.7. The van der Waals surface area contributed by atoms with E-state index in [4.69, 9.17) is 37.1 Å².